The molecule has 0 amide bonds. The summed E-state index contributed by atoms with van der Waals surface area (Å²) >= 11 is 0. The Balaban J connectivity index is 1.38. The van der Waals surface area contributed by atoms with Crippen LogP contribution in [0.5, 0.6) is 0 Å². The van der Waals surface area contributed by atoms with Gasteiger partial charge in [-0.1, -0.05) is 39.0 Å². The van der Waals surface area contributed by atoms with Gasteiger partial charge in [-0.3, -0.25) is 0 Å². The van der Waals surface area contributed by atoms with E-state index in [0.29, 0.717) is 5.41 Å². The summed E-state index contributed by atoms with van der Waals surface area (Å²) in [5, 5.41) is 3.93. The van der Waals surface area contributed by atoms with Crippen LogP contribution in [-0.2, 0) is 0 Å². The van der Waals surface area contributed by atoms with Gasteiger partial charge in [-0.05, 0) is 81.6 Å². The first-order chi connectivity index (χ1) is 10.2. The Labute approximate surface area is 132 Å². The Morgan fingerprint density at radius 3 is 1.95 bits per heavy atom. The van der Waals surface area contributed by atoms with Gasteiger partial charge in [0.05, 0.1) is 0 Å². The predicted octanol–water partition coefficient (Wildman–Crippen LogP) is 5.54. The van der Waals surface area contributed by atoms with Crippen LogP contribution < -0.4 is 5.32 Å². The summed E-state index contributed by atoms with van der Waals surface area (Å²) in [5.74, 6) is 3.28. The topological polar surface area (TPSA) is 12.0 Å². The van der Waals surface area contributed by atoms with Crippen molar-refractivity contribution in [2.75, 3.05) is 6.54 Å². The van der Waals surface area contributed by atoms with Crippen molar-refractivity contribution in [3.05, 3.63) is 0 Å². The van der Waals surface area contributed by atoms with Crippen LogP contribution in [0.15, 0.2) is 0 Å². The Morgan fingerprint density at radius 2 is 1.38 bits per heavy atom. The average molecular weight is 292 g/mol. The first-order valence-corrected chi connectivity index (χ1v) is 9.95. The highest BCUT2D eigenvalue weighted by Gasteiger charge is 2.52. The van der Waals surface area contributed by atoms with E-state index < -0.39 is 0 Å². The molecule has 4 aliphatic carbocycles. The van der Waals surface area contributed by atoms with E-state index in [0.717, 1.165) is 23.8 Å². The summed E-state index contributed by atoms with van der Waals surface area (Å²) < 4.78 is 0. The third-order valence-corrected chi connectivity index (χ3v) is 6.99. The standard InChI is InChI=1S/C20H37N/c1-3-4-5-6-7-8-9-21-16(2)20-13-17-10-18(14-20)12-19(11-17)15-20/h16-19,21H,3-15H2,1-2H3. The van der Waals surface area contributed by atoms with E-state index in [1.807, 2.05) is 0 Å². The van der Waals surface area contributed by atoms with E-state index in [9.17, 15) is 0 Å². The summed E-state index contributed by atoms with van der Waals surface area (Å²) in [6.07, 6.45) is 17.9. The van der Waals surface area contributed by atoms with Crippen LogP contribution in [0.4, 0.5) is 0 Å². The van der Waals surface area contributed by atoms with Crippen molar-refractivity contribution in [1.29, 1.82) is 0 Å². The van der Waals surface area contributed by atoms with Gasteiger partial charge in [-0.15, -0.1) is 0 Å². The molecule has 122 valence electrons. The number of hydrogen-bond donors (Lipinski definition) is 1. The van der Waals surface area contributed by atoms with Crippen LogP contribution >= 0.6 is 0 Å². The average Bonchev–Trinajstić information content (AvgIpc) is 2.44. The molecule has 4 aliphatic rings. The van der Waals surface area contributed by atoms with Crippen molar-refractivity contribution >= 4 is 0 Å². The van der Waals surface area contributed by atoms with Gasteiger partial charge in [-0.25, -0.2) is 0 Å². The molecule has 4 rings (SSSR count). The van der Waals surface area contributed by atoms with E-state index in [4.69, 9.17) is 0 Å². The summed E-state index contributed by atoms with van der Waals surface area (Å²) in [7, 11) is 0. The normalized spacial score (nSPS) is 38.9. The minimum absolute atomic E-state index is 0.691. The fourth-order valence-corrected chi connectivity index (χ4v) is 6.15. The Hall–Kier alpha value is -0.0400. The lowest BCUT2D eigenvalue weighted by atomic mass is 9.48. The molecule has 0 aliphatic heterocycles. The molecule has 1 atom stereocenters. The van der Waals surface area contributed by atoms with Gasteiger partial charge in [0.1, 0.15) is 0 Å². The number of nitrogens with one attached hydrogen (secondary N) is 1. The fourth-order valence-electron chi connectivity index (χ4n) is 6.15. The molecular formula is C20H37N. The lowest BCUT2D eigenvalue weighted by Crippen LogP contribution is -2.54. The van der Waals surface area contributed by atoms with E-state index in [-0.39, 0.29) is 0 Å². The van der Waals surface area contributed by atoms with E-state index >= 15 is 0 Å². The lowest BCUT2D eigenvalue weighted by Gasteiger charge is -2.59. The molecule has 0 radical (unpaired) electrons. The molecule has 0 aromatic carbocycles. The number of rotatable bonds is 9. The molecule has 1 nitrogen and oxygen atoms in total. The van der Waals surface area contributed by atoms with Crippen molar-refractivity contribution in [2.45, 2.75) is 96.9 Å². The van der Waals surface area contributed by atoms with Crippen molar-refractivity contribution in [1.82, 2.24) is 5.32 Å². The molecular weight excluding hydrogens is 254 g/mol. The lowest BCUT2D eigenvalue weighted by molar-refractivity contribution is -0.0703. The second-order valence-electron chi connectivity index (χ2n) is 8.72. The largest absolute Gasteiger partial charge is 0.314 e. The molecule has 0 aromatic rings. The van der Waals surface area contributed by atoms with Crippen LogP contribution in [0.25, 0.3) is 0 Å². The van der Waals surface area contributed by atoms with E-state index in [1.165, 1.54) is 45.1 Å². The first kappa shape index (κ1) is 15.8. The summed E-state index contributed by atoms with van der Waals surface area (Å²) in [5.41, 5.74) is 0.691. The van der Waals surface area contributed by atoms with Crippen LogP contribution in [0.2, 0.25) is 0 Å². The fraction of sp³-hybridized carbons (Fsp3) is 1.00. The zero-order valence-corrected chi connectivity index (χ0v) is 14.5. The zero-order chi connectivity index (χ0) is 14.7. The molecule has 4 bridgehead atoms. The Morgan fingerprint density at radius 1 is 0.857 bits per heavy atom. The second kappa shape index (κ2) is 7.02. The SMILES string of the molecule is CCCCCCCCNC(C)C12CC3CC(CC(C3)C1)C2. The summed E-state index contributed by atoms with van der Waals surface area (Å²) in [6, 6.07) is 0.765. The molecule has 1 N–H and O–H groups in total. The smallest absolute Gasteiger partial charge is 0.00954 e. The van der Waals surface area contributed by atoms with Crippen molar-refractivity contribution in [2.24, 2.45) is 23.2 Å². The monoisotopic (exact) mass is 291 g/mol. The maximum atomic E-state index is 3.93. The first-order valence-electron chi connectivity index (χ1n) is 9.95. The van der Waals surface area contributed by atoms with Gasteiger partial charge in [-0.2, -0.15) is 0 Å². The van der Waals surface area contributed by atoms with Crippen LogP contribution in [0, 0.1) is 23.2 Å². The molecule has 0 aromatic heterocycles. The Bertz CT molecular complexity index is 287. The zero-order valence-electron chi connectivity index (χ0n) is 14.5. The number of unbranched alkanes of at least 4 members (excludes halogenated alkanes) is 5. The maximum absolute atomic E-state index is 3.93. The summed E-state index contributed by atoms with van der Waals surface area (Å²) in [4.78, 5) is 0. The predicted molar refractivity (Wildman–Crippen MR) is 91.4 cm³/mol. The van der Waals surface area contributed by atoms with Crippen LogP contribution in [0.3, 0.4) is 0 Å². The van der Waals surface area contributed by atoms with Crippen LogP contribution in [-0.4, -0.2) is 12.6 Å². The molecule has 0 heterocycles. The highest BCUT2D eigenvalue weighted by Crippen LogP contribution is 2.61. The van der Waals surface area contributed by atoms with Crippen molar-refractivity contribution in [3.63, 3.8) is 0 Å². The second-order valence-corrected chi connectivity index (χ2v) is 8.72. The summed E-state index contributed by atoms with van der Waals surface area (Å²) in [6.45, 7) is 6.06. The minimum atomic E-state index is 0.691. The third-order valence-electron chi connectivity index (χ3n) is 6.99. The van der Waals surface area contributed by atoms with E-state index in [1.54, 1.807) is 38.5 Å². The van der Waals surface area contributed by atoms with Gasteiger partial charge >= 0.3 is 0 Å². The third kappa shape index (κ3) is 3.66. The quantitative estimate of drug-likeness (QED) is 0.550. The van der Waals surface area contributed by atoms with Gasteiger partial charge in [0.25, 0.3) is 0 Å². The molecule has 1 unspecified atom stereocenters. The maximum Gasteiger partial charge on any atom is 0.00954 e. The molecule has 4 saturated carbocycles. The highest BCUT2D eigenvalue weighted by atomic mass is 14.9. The van der Waals surface area contributed by atoms with Gasteiger partial charge in [0.2, 0.25) is 0 Å². The van der Waals surface area contributed by atoms with Gasteiger partial charge < -0.3 is 5.32 Å². The molecule has 4 fully saturated rings. The van der Waals surface area contributed by atoms with Crippen molar-refractivity contribution < 1.29 is 0 Å². The van der Waals surface area contributed by atoms with E-state index in [2.05, 4.69) is 19.2 Å². The number of hydrogen-bond acceptors (Lipinski definition) is 1. The van der Waals surface area contributed by atoms with Crippen molar-refractivity contribution in [3.8, 4) is 0 Å². The highest BCUT2D eigenvalue weighted by molar-refractivity contribution is 5.05. The molecule has 21 heavy (non-hydrogen) atoms. The van der Waals surface area contributed by atoms with Gasteiger partial charge in [0, 0.05) is 6.04 Å². The minimum Gasteiger partial charge on any atom is -0.314 e. The molecule has 0 saturated heterocycles. The van der Waals surface area contributed by atoms with Crippen LogP contribution in [0.1, 0.15) is 90.9 Å². The van der Waals surface area contributed by atoms with Gasteiger partial charge in [0.15, 0.2) is 0 Å². The molecule has 1 heteroatoms. The molecule has 0 spiro atoms. The Kier molecular flexibility index (Phi) is 5.30.